The molecule has 19 heavy (non-hydrogen) atoms. The lowest BCUT2D eigenvalue weighted by molar-refractivity contribution is 0.252. The van der Waals surface area contributed by atoms with Gasteiger partial charge < -0.3 is 4.57 Å². The molecule has 2 aromatic rings. The number of imidazole rings is 1. The molecule has 0 saturated carbocycles. The van der Waals surface area contributed by atoms with Gasteiger partial charge in [-0.3, -0.25) is 0 Å². The Labute approximate surface area is 120 Å². The van der Waals surface area contributed by atoms with Gasteiger partial charge in [0.05, 0.1) is 16.9 Å². The highest BCUT2D eigenvalue weighted by Gasteiger charge is 2.20. The van der Waals surface area contributed by atoms with Gasteiger partial charge in [0.15, 0.2) is 0 Å². The molecular formula is C16H23ClN2. The lowest BCUT2D eigenvalue weighted by Gasteiger charge is -2.26. The third-order valence-electron chi connectivity index (χ3n) is 3.96. The first-order valence-corrected chi connectivity index (χ1v) is 7.58. The highest BCUT2D eigenvalue weighted by molar-refractivity contribution is 6.16. The van der Waals surface area contributed by atoms with E-state index in [1.807, 2.05) is 6.07 Å². The van der Waals surface area contributed by atoms with Crippen LogP contribution >= 0.6 is 11.6 Å². The normalized spacial score (nSPS) is 12.2. The van der Waals surface area contributed by atoms with Crippen molar-refractivity contribution in [2.45, 2.75) is 40.1 Å². The van der Waals surface area contributed by atoms with E-state index in [2.05, 4.69) is 55.4 Å². The zero-order valence-corrected chi connectivity index (χ0v) is 13.0. The van der Waals surface area contributed by atoms with Crippen LogP contribution in [0.2, 0.25) is 0 Å². The number of hydrogen-bond donors (Lipinski definition) is 0. The Morgan fingerprint density at radius 2 is 1.74 bits per heavy atom. The van der Waals surface area contributed by atoms with E-state index in [-0.39, 0.29) is 0 Å². The summed E-state index contributed by atoms with van der Waals surface area (Å²) in [5, 5.41) is 0. The molecule has 0 fully saturated rings. The molecule has 0 aliphatic rings. The average molecular weight is 279 g/mol. The van der Waals surface area contributed by atoms with Gasteiger partial charge in [0.1, 0.15) is 5.82 Å². The molecule has 0 unspecified atom stereocenters. The van der Waals surface area contributed by atoms with E-state index in [0.717, 1.165) is 17.9 Å². The second-order valence-corrected chi connectivity index (χ2v) is 6.18. The highest BCUT2D eigenvalue weighted by atomic mass is 35.5. The number of halogens is 1. The minimum absolute atomic E-state index is 0.470. The molecule has 0 amide bonds. The van der Waals surface area contributed by atoms with Crippen LogP contribution in [0.15, 0.2) is 24.3 Å². The molecule has 0 saturated heterocycles. The summed E-state index contributed by atoms with van der Waals surface area (Å²) in [6, 6.07) is 8.29. The third-order valence-corrected chi connectivity index (χ3v) is 4.20. The molecule has 0 aliphatic carbocycles. The van der Waals surface area contributed by atoms with Crippen molar-refractivity contribution in [1.82, 2.24) is 9.55 Å². The zero-order valence-electron chi connectivity index (χ0n) is 12.2. The van der Waals surface area contributed by atoms with Crippen molar-refractivity contribution < 1.29 is 0 Å². The van der Waals surface area contributed by atoms with E-state index in [9.17, 15) is 0 Å². The molecule has 0 radical (unpaired) electrons. The fourth-order valence-corrected chi connectivity index (χ4v) is 3.04. The first kappa shape index (κ1) is 14.4. The smallest absolute Gasteiger partial charge is 0.124 e. The fourth-order valence-electron chi connectivity index (χ4n) is 2.83. The van der Waals surface area contributed by atoms with Crippen LogP contribution in [0.3, 0.4) is 0 Å². The number of nitrogens with zero attached hydrogens (tertiary/aromatic N) is 2. The number of benzene rings is 1. The van der Waals surface area contributed by atoms with Crippen molar-refractivity contribution in [3.8, 4) is 0 Å². The molecule has 0 atom stereocenters. The molecule has 2 nitrogen and oxygen atoms in total. The van der Waals surface area contributed by atoms with Crippen molar-refractivity contribution >= 4 is 22.6 Å². The Balaban J connectivity index is 2.43. The molecule has 0 N–H and O–H groups in total. The number of rotatable bonds is 5. The minimum atomic E-state index is 0.470. The molecule has 3 heteroatoms. The Morgan fingerprint density at radius 1 is 1.11 bits per heavy atom. The molecule has 1 aromatic heterocycles. The second kappa shape index (κ2) is 5.96. The predicted octanol–water partition coefficient (Wildman–Crippen LogP) is 4.70. The standard InChI is InChI=1S/C16H23ClN2/c1-11(2)13(12(3)4)10-19-15-8-6-5-7-14(15)18-16(19)9-17/h5-8,11-13H,9-10H2,1-4H3. The maximum absolute atomic E-state index is 6.06. The zero-order chi connectivity index (χ0) is 14.0. The Kier molecular flexibility index (Phi) is 4.51. The summed E-state index contributed by atoms with van der Waals surface area (Å²) in [5.41, 5.74) is 2.24. The third kappa shape index (κ3) is 2.94. The van der Waals surface area contributed by atoms with Crippen LogP contribution in [0.4, 0.5) is 0 Å². The van der Waals surface area contributed by atoms with Gasteiger partial charge in [-0.25, -0.2) is 4.98 Å². The lowest BCUT2D eigenvalue weighted by atomic mass is 9.85. The minimum Gasteiger partial charge on any atom is -0.327 e. The van der Waals surface area contributed by atoms with Crippen LogP contribution in [0.5, 0.6) is 0 Å². The van der Waals surface area contributed by atoms with Crippen LogP contribution in [0, 0.1) is 17.8 Å². The summed E-state index contributed by atoms with van der Waals surface area (Å²) < 4.78 is 2.30. The Hall–Kier alpha value is -1.02. The molecule has 104 valence electrons. The first-order chi connectivity index (χ1) is 9.04. The summed E-state index contributed by atoms with van der Waals surface area (Å²) in [4.78, 5) is 4.63. The summed E-state index contributed by atoms with van der Waals surface area (Å²) in [6.45, 7) is 10.2. The largest absolute Gasteiger partial charge is 0.327 e. The fraction of sp³-hybridized carbons (Fsp3) is 0.562. The van der Waals surface area contributed by atoms with Crippen LogP contribution in [0.1, 0.15) is 33.5 Å². The van der Waals surface area contributed by atoms with Crippen molar-refractivity contribution in [3.05, 3.63) is 30.1 Å². The van der Waals surface area contributed by atoms with Crippen molar-refractivity contribution in [1.29, 1.82) is 0 Å². The van der Waals surface area contributed by atoms with E-state index in [4.69, 9.17) is 11.6 Å². The van der Waals surface area contributed by atoms with Crippen LogP contribution in [-0.4, -0.2) is 9.55 Å². The van der Waals surface area contributed by atoms with E-state index in [1.165, 1.54) is 5.52 Å². The number of alkyl halides is 1. The molecule has 0 bridgehead atoms. The van der Waals surface area contributed by atoms with Gasteiger partial charge in [0.25, 0.3) is 0 Å². The van der Waals surface area contributed by atoms with Gasteiger partial charge in [-0.05, 0) is 29.9 Å². The van der Waals surface area contributed by atoms with Crippen molar-refractivity contribution in [2.75, 3.05) is 0 Å². The van der Waals surface area contributed by atoms with E-state index >= 15 is 0 Å². The quantitative estimate of drug-likeness (QED) is 0.725. The van der Waals surface area contributed by atoms with Gasteiger partial charge in [0, 0.05) is 6.54 Å². The van der Waals surface area contributed by atoms with Crippen molar-refractivity contribution in [3.63, 3.8) is 0 Å². The summed E-state index contributed by atoms with van der Waals surface area (Å²) in [7, 11) is 0. The molecule has 1 aromatic carbocycles. The SMILES string of the molecule is CC(C)C(Cn1c(CCl)nc2ccccc21)C(C)C. The number of aromatic nitrogens is 2. The van der Waals surface area contributed by atoms with Gasteiger partial charge in [-0.1, -0.05) is 39.8 Å². The van der Waals surface area contributed by atoms with Crippen LogP contribution < -0.4 is 0 Å². The number of hydrogen-bond acceptors (Lipinski definition) is 1. The van der Waals surface area contributed by atoms with Gasteiger partial charge >= 0.3 is 0 Å². The first-order valence-electron chi connectivity index (χ1n) is 7.04. The Morgan fingerprint density at radius 3 is 2.32 bits per heavy atom. The summed E-state index contributed by atoms with van der Waals surface area (Å²) in [5.74, 6) is 3.40. The van der Waals surface area contributed by atoms with Gasteiger partial charge in [-0.2, -0.15) is 0 Å². The lowest BCUT2D eigenvalue weighted by Crippen LogP contribution is -2.22. The predicted molar refractivity (Wildman–Crippen MR) is 82.5 cm³/mol. The molecule has 2 rings (SSSR count). The molecule has 0 spiro atoms. The van der Waals surface area contributed by atoms with Crippen molar-refractivity contribution in [2.24, 2.45) is 17.8 Å². The van der Waals surface area contributed by atoms with Gasteiger partial charge in [-0.15, -0.1) is 11.6 Å². The molecule has 1 heterocycles. The summed E-state index contributed by atoms with van der Waals surface area (Å²) >= 11 is 6.06. The van der Waals surface area contributed by atoms with Gasteiger partial charge in [0.2, 0.25) is 0 Å². The highest BCUT2D eigenvalue weighted by Crippen LogP contribution is 2.26. The molecule has 0 aliphatic heterocycles. The summed E-state index contributed by atoms with van der Waals surface area (Å²) in [6.07, 6.45) is 0. The van der Waals surface area contributed by atoms with E-state index in [0.29, 0.717) is 23.6 Å². The van der Waals surface area contributed by atoms with Crippen LogP contribution in [0.25, 0.3) is 11.0 Å². The molecular weight excluding hydrogens is 256 g/mol. The maximum Gasteiger partial charge on any atom is 0.124 e. The Bertz CT molecular complexity index is 535. The monoisotopic (exact) mass is 278 g/mol. The van der Waals surface area contributed by atoms with E-state index in [1.54, 1.807) is 0 Å². The van der Waals surface area contributed by atoms with Crippen LogP contribution in [-0.2, 0) is 12.4 Å². The topological polar surface area (TPSA) is 17.8 Å². The van der Waals surface area contributed by atoms with E-state index < -0.39 is 0 Å². The maximum atomic E-state index is 6.06. The number of para-hydroxylation sites is 2. The number of fused-ring (bicyclic) bond motifs is 1. The second-order valence-electron chi connectivity index (χ2n) is 5.91. The average Bonchev–Trinajstić information content (AvgIpc) is 2.72.